The third-order valence-corrected chi connectivity index (χ3v) is 4.11. The molecule has 2 nitrogen and oxygen atoms in total. The summed E-state index contributed by atoms with van der Waals surface area (Å²) >= 11 is 2.04. The zero-order chi connectivity index (χ0) is 12.3. The van der Waals surface area contributed by atoms with Crippen LogP contribution in [0.25, 0.3) is 0 Å². The highest BCUT2D eigenvalue weighted by atomic mass is 32.2. The molecule has 1 heterocycles. The van der Waals surface area contributed by atoms with Crippen molar-refractivity contribution in [2.24, 2.45) is 0 Å². The van der Waals surface area contributed by atoms with Crippen LogP contribution in [0.1, 0.15) is 32.4 Å². The quantitative estimate of drug-likeness (QED) is 0.891. The molecule has 1 N–H and O–H groups in total. The molecule has 2 atom stereocenters. The lowest BCUT2D eigenvalue weighted by atomic mass is 10.1. The van der Waals surface area contributed by atoms with Crippen LogP contribution in [0.2, 0.25) is 0 Å². The topological polar surface area (TPSA) is 21.3 Å². The van der Waals surface area contributed by atoms with Crippen LogP contribution in [0, 0.1) is 0 Å². The Labute approximate surface area is 108 Å². The lowest BCUT2D eigenvalue weighted by Crippen LogP contribution is -2.34. The third kappa shape index (κ3) is 3.65. The maximum Gasteiger partial charge on any atom is 0.119 e. The molecule has 0 aromatic heterocycles. The Kier molecular flexibility index (Phi) is 4.35. The Balaban J connectivity index is 1.97. The van der Waals surface area contributed by atoms with Crippen molar-refractivity contribution in [3.63, 3.8) is 0 Å². The molecular weight excluding hydrogens is 230 g/mol. The second kappa shape index (κ2) is 5.78. The maximum atomic E-state index is 5.65. The fraction of sp³-hybridized carbons (Fsp3) is 0.571. The summed E-state index contributed by atoms with van der Waals surface area (Å²) in [6.07, 6.45) is 0.241. The van der Waals surface area contributed by atoms with Gasteiger partial charge in [-0.3, -0.25) is 0 Å². The molecule has 1 fully saturated rings. The van der Waals surface area contributed by atoms with Gasteiger partial charge >= 0.3 is 0 Å². The molecule has 0 radical (unpaired) electrons. The molecule has 0 aliphatic carbocycles. The molecule has 1 aliphatic rings. The van der Waals surface area contributed by atoms with Crippen molar-refractivity contribution in [2.75, 3.05) is 12.3 Å². The van der Waals surface area contributed by atoms with Gasteiger partial charge < -0.3 is 10.1 Å². The van der Waals surface area contributed by atoms with E-state index in [1.54, 1.807) is 0 Å². The number of thioether (sulfide) groups is 1. The SMILES string of the molecule is CC(C)Oc1ccc(C2CSC(C)CN2)cc1. The number of ether oxygens (including phenoxy) is 1. The fourth-order valence-corrected chi connectivity index (χ4v) is 3.00. The average molecular weight is 251 g/mol. The number of rotatable bonds is 3. The van der Waals surface area contributed by atoms with Crippen molar-refractivity contribution in [3.05, 3.63) is 29.8 Å². The summed E-state index contributed by atoms with van der Waals surface area (Å²) in [5, 5.41) is 4.32. The summed E-state index contributed by atoms with van der Waals surface area (Å²) in [5.41, 5.74) is 1.36. The van der Waals surface area contributed by atoms with Crippen LogP contribution in [0.15, 0.2) is 24.3 Å². The Morgan fingerprint density at radius 1 is 1.29 bits per heavy atom. The van der Waals surface area contributed by atoms with E-state index in [0.717, 1.165) is 23.3 Å². The number of hydrogen-bond donors (Lipinski definition) is 1. The van der Waals surface area contributed by atoms with Gasteiger partial charge in [0.25, 0.3) is 0 Å². The van der Waals surface area contributed by atoms with E-state index in [-0.39, 0.29) is 6.10 Å². The van der Waals surface area contributed by atoms with Crippen LogP contribution in [-0.4, -0.2) is 23.7 Å². The van der Waals surface area contributed by atoms with E-state index in [1.165, 1.54) is 5.56 Å². The van der Waals surface area contributed by atoms with E-state index >= 15 is 0 Å². The second-order valence-electron chi connectivity index (χ2n) is 4.84. The number of hydrogen-bond acceptors (Lipinski definition) is 3. The molecule has 94 valence electrons. The van der Waals surface area contributed by atoms with Crippen molar-refractivity contribution in [2.45, 2.75) is 38.2 Å². The normalized spacial score (nSPS) is 24.9. The molecule has 0 bridgehead atoms. The Morgan fingerprint density at radius 2 is 2.00 bits per heavy atom. The zero-order valence-corrected chi connectivity index (χ0v) is 11.6. The molecule has 0 spiro atoms. The van der Waals surface area contributed by atoms with Gasteiger partial charge in [0.2, 0.25) is 0 Å². The summed E-state index contributed by atoms with van der Waals surface area (Å²) in [6.45, 7) is 7.47. The number of nitrogens with one attached hydrogen (secondary N) is 1. The van der Waals surface area contributed by atoms with Gasteiger partial charge in [0.05, 0.1) is 6.10 Å². The van der Waals surface area contributed by atoms with Crippen molar-refractivity contribution >= 4 is 11.8 Å². The van der Waals surface area contributed by atoms with Crippen molar-refractivity contribution in [1.82, 2.24) is 5.32 Å². The standard InChI is InChI=1S/C14H21NOS/c1-10(2)16-13-6-4-12(5-7-13)14-9-17-11(3)8-15-14/h4-7,10-11,14-15H,8-9H2,1-3H3. The minimum atomic E-state index is 0.241. The molecule has 3 heteroatoms. The third-order valence-electron chi connectivity index (χ3n) is 2.85. The Morgan fingerprint density at radius 3 is 2.53 bits per heavy atom. The fourth-order valence-electron chi connectivity index (χ4n) is 1.95. The minimum absolute atomic E-state index is 0.241. The van der Waals surface area contributed by atoms with E-state index in [1.807, 2.05) is 11.8 Å². The first kappa shape index (κ1) is 12.8. The molecule has 1 aromatic carbocycles. The highest BCUT2D eigenvalue weighted by Crippen LogP contribution is 2.27. The molecule has 1 saturated heterocycles. The maximum absolute atomic E-state index is 5.65. The minimum Gasteiger partial charge on any atom is -0.491 e. The molecule has 1 aromatic rings. The molecule has 2 unspecified atom stereocenters. The van der Waals surface area contributed by atoms with E-state index < -0.39 is 0 Å². The smallest absolute Gasteiger partial charge is 0.119 e. The average Bonchev–Trinajstić information content (AvgIpc) is 2.30. The summed E-state index contributed by atoms with van der Waals surface area (Å²) in [5.74, 6) is 2.12. The summed E-state index contributed by atoms with van der Waals surface area (Å²) in [6, 6.07) is 8.97. The van der Waals surface area contributed by atoms with Crippen LogP contribution < -0.4 is 10.1 Å². The monoisotopic (exact) mass is 251 g/mol. The summed E-state index contributed by atoms with van der Waals surface area (Å²) in [4.78, 5) is 0. The van der Waals surface area contributed by atoms with Crippen LogP contribution in [0.4, 0.5) is 0 Å². The molecule has 0 amide bonds. The predicted molar refractivity (Wildman–Crippen MR) is 74.9 cm³/mol. The highest BCUT2D eigenvalue weighted by Gasteiger charge is 2.19. The second-order valence-corrected chi connectivity index (χ2v) is 6.31. The van der Waals surface area contributed by atoms with Crippen LogP contribution in [0.3, 0.4) is 0 Å². The zero-order valence-electron chi connectivity index (χ0n) is 10.8. The van der Waals surface area contributed by atoms with E-state index in [9.17, 15) is 0 Å². The first-order valence-electron chi connectivity index (χ1n) is 6.27. The lowest BCUT2D eigenvalue weighted by molar-refractivity contribution is 0.242. The highest BCUT2D eigenvalue weighted by molar-refractivity contribution is 8.00. The van der Waals surface area contributed by atoms with Crippen LogP contribution in [0.5, 0.6) is 5.75 Å². The van der Waals surface area contributed by atoms with Gasteiger partial charge in [-0.25, -0.2) is 0 Å². The predicted octanol–water partition coefficient (Wildman–Crippen LogP) is 3.24. The first-order chi connectivity index (χ1) is 8.15. The van der Waals surface area contributed by atoms with Gasteiger partial charge in [-0.15, -0.1) is 0 Å². The molecule has 1 aliphatic heterocycles. The van der Waals surface area contributed by atoms with Gasteiger partial charge in [-0.1, -0.05) is 19.1 Å². The molecule has 17 heavy (non-hydrogen) atoms. The van der Waals surface area contributed by atoms with E-state index in [2.05, 4.69) is 50.4 Å². The van der Waals surface area contributed by atoms with Gasteiger partial charge in [-0.05, 0) is 31.5 Å². The Bertz CT molecular complexity index is 342. The van der Waals surface area contributed by atoms with Crippen LogP contribution in [-0.2, 0) is 0 Å². The van der Waals surface area contributed by atoms with Crippen LogP contribution >= 0.6 is 11.8 Å². The van der Waals surface area contributed by atoms with Crippen molar-refractivity contribution in [1.29, 1.82) is 0 Å². The Hall–Kier alpha value is -0.670. The van der Waals surface area contributed by atoms with Crippen molar-refractivity contribution in [3.8, 4) is 5.75 Å². The molecular formula is C14H21NOS. The first-order valence-corrected chi connectivity index (χ1v) is 7.31. The van der Waals surface area contributed by atoms with E-state index in [4.69, 9.17) is 4.74 Å². The summed E-state index contributed by atoms with van der Waals surface area (Å²) in [7, 11) is 0. The largest absolute Gasteiger partial charge is 0.491 e. The van der Waals surface area contributed by atoms with Gasteiger partial charge in [-0.2, -0.15) is 11.8 Å². The van der Waals surface area contributed by atoms with E-state index in [0.29, 0.717) is 6.04 Å². The lowest BCUT2D eigenvalue weighted by Gasteiger charge is -2.27. The van der Waals surface area contributed by atoms with Gasteiger partial charge in [0.1, 0.15) is 5.75 Å². The molecule has 2 rings (SSSR count). The van der Waals surface area contributed by atoms with Gasteiger partial charge in [0, 0.05) is 23.6 Å². The number of benzene rings is 1. The molecule has 0 saturated carbocycles. The van der Waals surface area contributed by atoms with Crippen molar-refractivity contribution < 1.29 is 4.74 Å². The summed E-state index contributed by atoms with van der Waals surface area (Å²) < 4.78 is 5.65. The van der Waals surface area contributed by atoms with Gasteiger partial charge in [0.15, 0.2) is 0 Å².